The van der Waals surface area contributed by atoms with Gasteiger partial charge >= 0.3 is 0 Å². The van der Waals surface area contributed by atoms with Gasteiger partial charge in [-0.05, 0) is 72.6 Å². The van der Waals surface area contributed by atoms with Crippen molar-refractivity contribution in [2.45, 2.75) is 66.2 Å². The predicted molar refractivity (Wildman–Crippen MR) is 164 cm³/mol. The van der Waals surface area contributed by atoms with Crippen LogP contribution in [0.25, 0.3) is 0 Å². The second-order valence-electron chi connectivity index (χ2n) is 13.2. The molecule has 1 heterocycles. The summed E-state index contributed by atoms with van der Waals surface area (Å²) < 4.78 is 25.0. The number of nitrogens with one attached hydrogen (secondary N) is 1. The van der Waals surface area contributed by atoms with Crippen molar-refractivity contribution >= 4 is 34.8 Å². The van der Waals surface area contributed by atoms with Crippen molar-refractivity contribution in [1.82, 2.24) is 4.90 Å². The van der Waals surface area contributed by atoms with Crippen molar-refractivity contribution in [3.05, 3.63) is 75.3 Å². The van der Waals surface area contributed by atoms with E-state index in [1.807, 2.05) is 14.0 Å². The highest BCUT2D eigenvalue weighted by Gasteiger charge is 2.48. The number of amides is 1. The van der Waals surface area contributed by atoms with Gasteiger partial charge in [-0.15, -0.1) is 0 Å². The van der Waals surface area contributed by atoms with Crippen molar-refractivity contribution in [2.75, 3.05) is 25.6 Å². The van der Waals surface area contributed by atoms with E-state index in [0.717, 1.165) is 11.4 Å². The highest BCUT2D eigenvalue weighted by molar-refractivity contribution is 6.32. The molecule has 0 spiro atoms. The number of ketones is 2. The minimum absolute atomic E-state index is 0.0270. The van der Waals surface area contributed by atoms with Crippen LogP contribution in [0.1, 0.15) is 71.8 Å². The van der Waals surface area contributed by atoms with Gasteiger partial charge < -0.3 is 19.7 Å². The lowest BCUT2D eigenvalue weighted by Crippen LogP contribution is -2.43. The molecule has 1 amide bonds. The molecular weight excluding hydrogens is 571 g/mol. The van der Waals surface area contributed by atoms with Crippen LogP contribution in [0.4, 0.5) is 10.1 Å². The second-order valence-corrected chi connectivity index (χ2v) is 13.6. The molecule has 0 aromatic heterocycles. The van der Waals surface area contributed by atoms with E-state index in [4.69, 9.17) is 21.1 Å². The monoisotopic (exact) mass is 608 g/mol. The van der Waals surface area contributed by atoms with Gasteiger partial charge in [-0.2, -0.15) is 0 Å². The molecule has 0 saturated carbocycles. The summed E-state index contributed by atoms with van der Waals surface area (Å²) in [5.41, 5.74) is 3.86. The first-order chi connectivity index (χ1) is 20.2. The standard InChI is InChI=1S/C34H38ClFN2O5/c1-7-42-27-13-19(12-22(35)32(27)43-18-28(41)37-21-10-8-20(36)9-11-21)29-30-23(14-33(2,3)16-25(30)39)38(6)24-15-34(4,5)17-26(40)31(24)29/h8-13,29H,7,14-18H2,1-6H3,(H,37,41). The summed E-state index contributed by atoms with van der Waals surface area (Å²) >= 11 is 6.80. The number of nitrogens with zero attached hydrogens (tertiary/aromatic N) is 1. The van der Waals surface area contributed by atoms with Crippen LogP contribution in [0.5, 0.6) is 11.5 Å². The first-order valence-corrected chi connectivity index (χ1v) is 15.0. The molecule has 0 radical (unpaired) electrons. The number of hydrogen-bond donors (Lipinski definition) is 1. The number of Topliss-reactive ketones (excluding diaryl/α,β-unsaturated/α-hetero) is 2. The van der Waals surface area contributed by atoms with Crippen LogP contribution in [-0.2, 0) is 14.4 Å². The molecule has 2 aromatic rings. The van der Waals surface area contributed by atoms with Gasteiger partial charge in [0.1, 0.15) is 5.82 Å². The number of rotatable bonds is 7. The van der Waals surface area contributed by atoms with E-state index in [1.165, 1.54) is 24.3 Å². The van der Waals surface area contributed by atoms with Crippen molar-refractivity contribution in [2.24, 2.45) is 10.8 Å². The van der Waals surface area contributed by atoms with Crippen LogP contribution in [0.15, 0.2) is 58.9 Å². The lowest BCUT2D eigenvalue weighted by molar-refractivity contribution is -0.120. The van der Waals surface area contributed by atoms with Crippen LogP contribution in [0.2, 0.25) is 5.02 Å². The van der Waals surface area contributed by atoms with Crippen molar-refractivity contribution < 1.29 is 28.2 Å². The molecule has 228 valence electrons. The maximum atomic E-state index is 13.8. The van der Waals surface area contributed by atoms with E-state index in [1.54, 1.807) is 12.1 Å². The van der Waals surface area contributed by atoms with E-state index in [0.29, 0.717) is 60.4 Å². The molecule has 0 bridgehead atoms. The number of carbonyl (C=O) groups excluding carboxylic acids is 3. The highest BCUT2D eigenvalue weighted by atomic mass is 35.5. The largest absolute Gasteiger partial charge is 0.490 e. The zero-order valence-electron chi connectivity index (χ0n) is 25.5. The molecule has 0 atom stereocenters. The van der Waals surface area contributed by atoms with E-state index < -0.39 is 17.6 Å². The van der Waals surface area contributed by atoms with Crippen molar-refractivity contribution in [1.29, 1.82) is 0 Å². The fourth-order valence-electron chi connectivity index (χ4n) is 6.52. The normalized spacial score (nSPS) is 19.7. The smallest absolute Gasteiger partial charge is 0.262 e. The summed E-state index contributed by atoms with van der Waals surface area (Å²) in [6, 6.07) is 8.89. The lowest BCUT2D eigenvalue weighted by Gasteiger charge is -2.48. The van der Waals surface area contributed by atoms with Crippen molar-refractivity contribution in [3.8, 4) is 11.5 Å². The molecule has 43 heavy (non-hydrogen) atoms. The molecule has 5 rings (SSSR count). The molecule has 9 heteroatoms. The Morgan fingerprint density at radius 1 is 0.953 bits per heavy atom. The van der Waals surface area contributed by atoms with E-state index >= 15 is 0 Å². The number of halogens is 2. The third-order valence-electron chi connectivity index (χ3n) is 8.32. The Morgan fingerprint density at radius 3 is 2.05 bits per heavy atom. The van der Waals surface area contributed by atoms with Crippen LogP contribution in [-0.4, -0.2) is 42.6 Å². The average Bonchev–Trinajstić information content (AvgIpc) is 2.89. The molecule has 0 saturated heterocycles. The quantitative estimate of drug-likeness (QED) is 0.357. The molecule has 2 aromatic carbocycles. The fraction of sp³-hybridized carbons (Fsp3) is 0.441. The summed E-state index contributed by atoms with van der Waals surface area (Å²) in [4.78, 5) is 42.3. The number of hydrogen-bond acceptors (Lipinski definition) is 6. The Labute approximate surface area is 257 Å². The van der Waals surface area contributed by atoms with Crippen LogP contribution in [0.3, 0.4) is 0 Å². The molecular formula is C34H38ClFN2O5. The number of allylic oxidation sites excluding steroid dienone is 4. The minimum Gasteiger partial charge on any atom is -0.490 e. The van der Waals surface area contributed by atoms with Crippen LogP contribution >= 0.6 is 11.6 Å². The summed E-state index contributed by atoms with van der Waals surface area (Å²) in [5, 5.41) is 2.86. The van der Waals surface area contributed by atoms with E-state index in [2.05, 4.69) is 37.9 Å². The Bertz CT molecular complexity index is 1500. The first kappa shape index (κ1) is 30.8. The lowest BCUT2D eigenvalue weighted by atomic mass is 9.63. The van der Waals surface area contributed by atoms with Gasteiger partial charge in [0.2, 0.25) is 0 Å². The number of anilines is 1. The van der Waals surface area contributed by atoms with Gasteiger partial charge in [0, 0.05) is 54.0 Å². The Morgan fingerprint density at radius 2 is 1.51 bits per heavy atom. The number of benzene rings is 2. The van der Waals surface area contributed by atoms with Gasteiger partial charge in [0.15, 0.2) is 29.7 Å². The fourth-order valence-corrected chi connectivity index (χ4v) is 6.80. The molecule has 1 aliphatic heterocycles. The molecule has 0 fully saturated rings. The first-order valence-electron chi connectivity index (χ1n) is 14.6. The van der Waals surface area contributed by atoms with Crippen LogP contribution in [0, 0.1) is 16.6 Å². The summed E-state index contributed by atoms with van der Waals surface area (Å²) in [7, 11) is 1.97. The predicted octanol–water partition coefficient (Wildman–Crippen LogP) is 7.21. The summed E-state index contributed by atoms with van der Waals surface area (Å²) in [6.07, 6.45) is 2.19. The second kappa shape index (κ2) is 11.5. The zero-order valence-corrected chi connectivity index (χ0v) is 26.3. The topological polar surface area (TPSA) is 84.9 Å². The molecule has 3 aliphatic rings. The zero-order chi connectivity index (χ0) is 31.3. The average molecular weight is 609 g/mol. The maximum Gasteiger partial charge on any atom is 0.262 e. The third-order valence-corrected chi connectivity index (χ3v) is 8.60. The summed E-state index contributed by atoms with van der Waals surface area (Å²) in [6.45, 7) is 10.1. The Hall–Kier alpha value is -3.65. The van der Waals surface area contributed by atoms with Gasteiger partial charge in [-0.1, -0.05) is 39.3 Å². The maximum absolute atomic E-state index is 13.8. The molecule has 7 nitrogen and oxygen atoms in total. The number of carbonyl (C=O) groups is 3. The Balaban J connectivity index is 1.54. The molecule has 2 aliphatic carbocycles. The van der Waals surface area contributed by atoms with Gasteiger partial charge in [-0.25, -0.2) is 4.39 Å². The molecule has 1 N–H and O–H groups in total. The molecule has 0 unspecified atom stereocenters. The van der Waals surface area contributed by atoms with Gasteiger partial charge in [0.05, 0.1) is 11.6 Å². The Kier molecular flexibility index (Phi) is 8.20. The van der Waals surface area contributed by atoms with Crippen LogP contribution < -0.4 is 14.8 Å². The van der Waals surface area contributed by atoms with Gasteiger partial charge in [-0.3, -0.25) is 14.4 Å². The van der Waals surface area contributed by atoms with Gasteiger partial charge in [0.25, 0.3) is 5.91 Å². The SMILES string of the molecule is CCOc1cc(C2C3=C(CC(C)(C)CC3=O)N(C)C3=C2C(=O)CC(C)(C)C3)cc(Cl)c1OCC(=O)Nc1ccc(F)cc1. The van der Waals surface area contributed by atoms with Crippen molar-refractivity contribution in [3.63, 3.8) is 0 Å². The number of ether oxygens (including phenoxy) is 2. The third kappa shape index (κ3) is 6.21. The highest BCUT2D eigenvalue weighted by Crippen LogP contribution is 2.55. The van der Waals surface area contributed by atoms with E-state index in [-0.39, 0.29) is 39.8 Å². The summed E-state index contributed by atoms with van der Waals surface area (Å²) in [5.74, 6) is -0.894. The minimum atomic E-state index is -0.582. The van der Waals surface area contributed by atoms with E-state index in [9.17, 15) is 18.8 Å².